The lowest BCUT2D eigenvalue weighted by Crippen LogP contribution is -2.38. The molecule has 0 spiro atoms. The van der Waals surface area contributed by atoms with Crippen LogP contribution in [0.1, 0.15) is 23.6 Å². The molecule has 0 aliphatic heterocycles. The molecule has 4 rings (SSSR count). The van der Waals surface area contributed by atoms with Gasteiger partial charge in [-0.05, 0) is 36.1 Å². The van der Waals surface area contributed by atoms with Crippen LogP contribution in [0.25, 0.3) is 10.9 Å². The van der Waals surface area contributed by atoms with Gasteiger partial charge in [0.05, 0.1) is 23.4 Å². The quantitative estimate of drug-likeness (QED) is 0.761. The number of anilines is 1. The minimum atomic E-state index is -0.435. The van der Waals surface area contributed by atoms with E-state index in [0.717, 1.165) is 29.4 Å². The number of nitrogens with one attached hydrogen (secondary N) is 1. The third-order valence-electron chi connectivity index (χ3n) is 4.37. The highest BCUT2D eigenvalue weighted by molar-refractivity contribution is 6.02. The van der Waals surface area contributed by atoms with E-state index in [1.807, 2.05) is 30.3 Å². The number of aryl methyl sites for hydroxylation is 1. The zero-order chi connectivity index (χ0) is 15.1. The summed E-state index contributed by atoms with van der Waals surface area (Å²) in [6.07, 6.45) is 3.59. The van der Waals surface area contributed by atoms with Crippen LogP contribution in [0, 0.1) is 0 Å². The number of nitrogens with zero attached hydrogens (tertiary/aromatic N) is 2. The molecule has 5 nitrogen and oxygen atoms in total. The molecule has 1 atom stereocenters. The molecule has 0 bridgehead atoms. The maximum Gasteiger partial charge on any atom is 0.319 e. The minimum Gasteiger partial charge on any atom is -0.351 e. The molecule has 3 aromatic rings. The summed E-state index contributed by atoms with van der Waals surface area (Å²) in [5.74, 6) is 0. The number of rotatable bonds is 2. The van der Waals surface area contributed by atoms with Crippen LogP contribution in [0.15, 0.2) is 48.7 Å². The summed E-state index contributed by atoms with van der Waals surface area (Å²) in [5.41, 5.74) is 9.90. The van der Waals surface area contributed by atoms with Gasteiger partial charge in [0.1, 0.15) is 0 Å². The number of nitrogens with two attached hydrogens (primary N) is 1. The molecule has 5 heteroatoms. The Bertz CT molecular complexity index is 854. The number of primary amides is 1. The number of fused-ring (bicyclic) bond motifs is 2. The molecule has 0 radical (unpaired) electrons. The predicted molar refractivity (Wildman–Crippen MR) is 85.7 cm³/mol. The number of urea groups is 1. The molecule has 1 unspecified atom stereocenters. The van der Waals surface area contributed by atoms with Crippen molar-refractivity contribution < 1.29 is 4.79 Å². The Hall–Kier alpha value is -2.82. The minimum absolute atomic E-state index is 0.0193. The van der Waals surface area contributed by atoms with E-state index >= 15 is 0 Å². The molecule has 2 aromatic carbocycles. The van der Waals surface area contributed by atoms with E-state index in [-0.39, 0.29) is 6.04 Å². The maximum absolute atomic E-state index is 12.2. The van der Waals surface area contributed by atoms with E-state index < -0.39 is 6.03 Å². The van der Waals surface area contributed by atoms with Crippen LogP contribution in [0.4, 0.5) is 10.5 Å². The number of aromatic nitrogens is 2. The fraction of sp³-hybridized carbons (Fsp3) is 0.176. The van der Waals surface area contributed by atoms with Crippen molar-refractivity contribution in [2.75, 3.05) is 4.90 Å². The van der Waals surface area contributed by atoms with Crippen LogP contribution >= 0.6 is 0 Å². The molecule has 110 valence electrons. The lowest BCUT2D eigenvalue weighted by atomic mass is 10.1. The van der Waals surface area contributed by atoms with Crippen molar-refractivity contribution in [2.45, 2.75) is 18.9 Å². The summed E-state index contributed by atoms with van der Waals surface area (Å²) >= 11 is 0. The highest BCUT2D eigenvalue weighted by Gasteiger charge is 2.31. The third-order valence-corrected chi connectivity index (χ3v) is 4.37. The fourth-order valence-electron chi connectivity index (χ4n) is 3.41. The van der Waals surface area contributed by atoms with E-state index in [2.05, 4.69) is 22.3 Å². The standard InChI is InChI=1S/C17H16N4O/c18-17(22)21(15-7-3-6-14-13(15)10-19-20-14)16-9-8-11-4-1-2-5-12(11)16/h1-7,10,16H,8-9H2,(H2,18,22)(H,19,20). The number of benzene rings is 2. The molecule has 22 heavy (non-hydrogen) atoms. The van der Waals surface area contributed by atoms with Gasteiger partial charge in [0.25, 0.3) is 0 Å². The van der Waals surface area contributed by atoms with Gasteiger partial charge in [-0.1, -0.05) is 30.3 Å². The molecule has 3 N–H and O–H groups in total. The van der Waals surface area contributed by atoms with Crippen molar-refractivity contribution in [3.8, 4) is 0 Å². The van der Waals surface area contributed by atoms with Gasteiger partial charge in [-0.25, -0.2) is 4.79 Å². The van der Waals surface area contributed by atoms with Crippen molar-refractivity contribution in [1.82, 2.24) is 10.2 Å². The van der Waals surface area contributed by atoms with Crippen LogP contribution in [0.3, 0.4) is 0 Å². The van der Waals surface area contributed by atoms with Gasteiger partial charge >= 0.3 is 6.03 Å². The monoisotopic (exact) mass is 292 g/mol. The Kier molecular flexibility index (Phi) is 2.85. The van der Waals surface area contributed by atoms with Crippen molar-refractivity contribution in [2.24, 2.45) is 5.73 Å². The summed E-state index contributed by atoms with van der Waals surface area (Å²) < 4.78 is 0. The Labute approximate surface area is 127 Å². The second-order valence-corrected chi connectivity index (χ2v) is 5.57. The van der Waals surface area contributed by atoms with Crippen molar-refractivity contribution >= 4 is 22.6 Å². The van der Waals surface area contributed by atoms with Crippen LogP contribution in [0.5, 0.6) is 0 Å². The summed E-state index contributed by atoms with van der Waals surface area (Å²) in [5, 5.41) is 7.91. The zero-order valence-corrected chi connectivity index (χ0v) is 12.0. The van der Waals surface area contributed by atoms with E-state index in [9.17, 15) is 4.79 Å². The van der Waals surface area contributed by atoms with Gasteiger partial charge < -0.3 is 5.73 Å². The summed E-state index contributed by atoms with van der Waals surface area (Å²) in [4.78, 5) is 13.9. The van der Waals surface area contributed by atoms with E-state index in [4.69, 9.17) is 5.73 Å². The van der Waals surface area contributed by atoms with Crippen LogP contribution in [-0.2, 0) is 6.42 Å². The lowest BCUT2D eigenvalue weighted by Gasteiger charge is -2.28. The summed E-state index contributed by atoms with van der Waals surface area (Å²) in [6.45, 7) is 0. The van der Waals surface area contributed by atoms with Crippen LogP contribution < -0.4 is 10.6 Å². The molecule has 0 saturated heterocycles. The first-order chi connectivity index (χ1) is 10.8. The molecule has 1 aliphatic rings. The first-order valence-corrected chi connectivity index (χ1v) is 7.34. The van der Waals surface area contributed by atoms with Gasteiger partial charge in [-0.15, -0.1) is 0 Å². The highest BCUT2D eigenvalue weighted by atomic mass is 16.2. The molecule has 2 amide bonds. The third kappa shape index (κ3) is 1.86. The van der Waals surface area contributed by atoms with Crippen molar-refractivity contribution in [1.29, 1.82) is 0 Å². The van der Waals surface area contributed by atoms with E-state index in [1.165, 1.54) is 11.1 Å². The van der Waals surface area contributed by atoms with Gasteiger partial charge in [0, 0.05) is 5.39 Å². The largest absolute Gasteiger partial charge is 0.351 e. The van der Waals surface area contributed by atoms with Crippen molar-refractivity contribution in [3.63, 3.8) is 0 Å². The molecule has 1 aliphatic carbocycles. The average Bonchev–Trinajstić information content (AvgIpc) is 3.15. The summed E-state index contributed by atoms with van der Waals surface area (Å²) in [7, 11) is 0. The van der Waals surface area contributed by atoms with E-state index in [0.29, 0.717) is 0 Å². The van der Waals surface area contributed by atoms with Crippen molar-refractivity contribution in [3.05, 3.63) is 59.8 Å². The number of carbonyl (C=O) groups excluding carboxylic acids is 1. The Morgan fingerprint density at radius 3 is 2.95 bits per heavy atom. The normalized spacial score (nSPS) is 16.6. The highest BCUT2D eigenvalue weighted by Crippen LogP contribution is 2.40. The Balaban J connectivity index is 1.86. The number of hydrogen-bond acceptors (Lipinski definition) is 2. The SMILES string of the molecule is NC(=O)N(c1cccc2[nH]ncc12)C1CCc2ccccc21. The van der Waals surface area contributed by atoms with Gasteiger partial charge in [-0.2, -0.15) is 5.10 Å². The fourth-order valence-corrected chi connectivity index (χ4v) is 3.41. The Morgan fingerprint density at radius 1 is 1.23 bits per heavy atom. The second-order valence-electron chi connectivity index (χ2n) is 5.57. The first-order valence-electron chi connectivity index (χ1n) is 7.34. The first kappa shape index (κ1) is 12.9. The van der Waals surface area contributed by atoms with Crippen LogP contribution in [-0.4, -0.2) is 16.2 Å². The number of aromatic amines is 1. The van der Waals surface area contributed by atoms with Gasteiger partial charge in [-0.3, -0.25) is 10.00 Å². The zero-order valence-electron chi connectivity index (χ0n) is 12.0. The molecular formula is C17H16N4O. The molecule has 0 saturated carbocycles. The molecule has 0 fully saturated rings. The lowest BCUT2D eigenvalue weighted by molar-refractivity contribution is 0.251. The smallest absolute Gasteiger partial charge is 0.319 e. The maximum atomic E-state index is 12.2. The second kappa shape index (κ2) is 4.87. The van der Waals surface area contributed by atoms with Gasteiger partial charge in [0.2, 0.25) is 0 Å². The molecule has 1 heterocycles. The number of hydrogen-bond donors (Lipinski definition) is 2. The Morgan fingerprint density at radius 2 is 2.09 bits per heavy atom. The average molecular weight is 292 g/mol. The van der Waals surface area contributed by atoms with Crippen LogP contribution in [0.2, 0.25) is 0 Å². The van der Waals surface area contributed by atoms with Gasteiger partial charge in [0.15, 0.2) is 0 Å². The van der Waals surface area contributed by atoms with E-state index in [1.54, 1.807) is 11.1 Å². The number of H-pyrrole nitrogens is 1. The molecule has 1 aromatic heterocycles. The molecular weight excluding hydrogens is 276 g/mol. The predicted octanol–water partition coefficient (Wildman–Crippen LogP) is 3.14. The summed E-state index contributed by atoms with van der Waals surface area (Å²) in [6, 6.07) is 13.6. The number of amides is 2. The topological polar surface area (TPSA) is 75.0 Å². The number of carbonyl (C=O) groups is 1.